The molecule has 1 unspecified atom stereocenters. The van der Waals surface area contributed by atoms with Gasteiger partial charge < -0.3 is 29.9 Å². The summed E-state index contributed by atoms with van der Waals surface area (Å²) in [4.78, 5) is 42.8. The third kappa shape index (κ3) is 7.54. The summed E-state index contributed by atoms with van der Waals surface area (Å²) in [7, 11) is 0. The van der Waals surface area contributed by atoms with Gasteiger partial charge in [-0.05, 0) is 19.2 Å². The summed E-state index contributed by atoms with van der Waals surface area (Å²) >= 11 is 0. The van der Waals surface area contributed by atoms with E-state index in [1.165, 1.54) is 18.2 Å². The van der Waals surface area contributed by atoms with Gasteiger partial charge in [-0.15, -0.1) is 0 Å². The lowest BCUT2D eigenvalue weighted by molar-refractivity contribution is -0.384. The molecular weight excluding hydrogens is 402 g/mol. The Morgan fingerprint density at radius 3 is 2.20 bits per heavy atom. The van der Waals surface area contributed by atoms with E-state index in [4.69, 9.17) is 29.3 Å². The average molecular weight is 427 g/mol. The Bertz CT molecular complexity index is 783. The predicted octanol–water partition coefficient (Wildman–Crippen LogP) is 1.09. The first-order valence-corrected chi connectivity index (χ1v) is 9.13. The fourth-order valence-electron chi connectivity index (χ4n) is 2.58. The van der Waals surface area contributed by atoms with Gasteiger partial charge in [-0.25, -0.2) is 9.59 Å². The molecule has 0 fully saturated rings. The first-order chi connectivity index (χ1) is 14.0. The second kappa shape index (κ2) is 11.0. The van der Waals surface area contributed by atoms with Gasteiger partial charge in [0.1, 0.15) is 6.42 Å². The maximum atomic E-state index is 12.1. The number of non-ortho nitro benzene ring substituents is 1. The van der Waals surface area contributed by atoms with E-state index in [1.54, 1.807) is 6.92 Å². The lowest BCUT2D eigenvalue weighted by Gasteiger charge is -2.23. The van der Waals surface area contributed by atoms with Crippen LogP contribution in [0.1, 0.15) is 27.2 Å². The van der Waals surface area contributed by atoms with Gasteiger partial charge in [0.2, 0.25) is 5.91 Å². The average Bonchev–Trinajstić information content (AvgIpc) is 3.00. The zero-order valence-corrected chi connectivity index (χ0v) is 16.9. The minimum atomic E-state index is -1.82. The molecule has 166 valence electrons. The molecular formula is C18H25N3O9. The van der Waals surface area contributed by atoms with Gasteiger partial charge in [0.05, 0.1) is 11.0 Å². The summed E-state index contributed by atoms with van der Waals surface area (Å²) in [6, 6.07) is 4.13. The lowest BCUT2D eigenvalue weighted by atomic mass is 10.2. The maximum absolute atomic E-state index is 12.1. The van der Waals surface area contributed by atoms with Gasteiger partial charge in [-0.1, -0.05) is 13.8 Å². The minimum absolute atomic E-state index is 0.00767. The van der Waals surface area contributed by atoms with E-state index in [0.717, 1.165) is 19.6 Å². The number of nitro groups is 1. The van der Waals surface area contributed by atoms with Crippen molar-refractivity contribution in [2.75, 3.05) is 26.2 Å². The van der Waals surface area contributed by atoms with Crippen molar-refractivity contribution in [1.82, 2.24) is 10.2 Å². The maximum Gasteiger partial charge on any atom is 0.414 e. The van der Waals surface area contributed by atoms with Crippen LogP contribution < -0.4 is 14.8 Å². The van der Waals surface area contributed by atoms with E-state index < -0.39 is 22.6 Å². The zero-order chi connectivity index (χ0) is 22.9. The molecule has 1 aliphatic rings. The number of fused-ring (bicyclic) bond motifs is 1. The summed E-state index contributed by atoms with van der Waals surface area (Å²) in [6.45, 7) is 8.99. The topological polar surface area (TPSA) is 169 Å². The summed E-state index contributed by atoms with van der Waals surface area (Å²) < 4.78 is 11.3. The van der Waals surface area contributed by atoms with Crippen molar-refractivity contribution in [3.05, 3.63) is 28.3 Å². The molecule has 1 aliphatic heterocycles. The molecule has 12 heteroatoms. The Kier molecular flexibility index (Phi) is 8.99. The third-order valence-corrected chi connectivity index (χ3v) is 4.10. The monoisotopic (exact) mass is 427 g/mol. The number of carbonyl (C=O) groups excluding carboxylic acids is 1. The van der Waals surface area contributed by atoms with Crippen LogP contribution in [0.2, 0.25) is 0 Å². The van der Waals surface area contributed by atoms with Gasteiger partial charge in [-0.2, -0.15) is 0 Å². The molecule has 1 aromatic rings. The van der Waals surface area contributed by atoms with Crippen LogP contribution >= 0.6 is 0 Å². The number of hydrogen-bond acceptors (Lipinski definition) is 8. The fraction of sp³-hybridized carbons (Fsp3) is 0.500. The number of nitro benzene ring substituents is 1. The van der Waals surface area contributed by atoms with Crippen molar-refractivity contribution in [3.63, 3.8) is 0 Å². The molecule has 1 atom stereocenters. The molecule has 1 aromatic carbocycles. The summed E-state index contributed by atoms with van der Waals surface area (Å²) in [5.74, 6) is -4.31. The highest BCUT2D eigenvalue weighted by Gasteiger charge is 2.39. The Morgan fingerprint density at radius 2 is 1.70 bits per heavy atom. The van der Waals surface area contributed by atoms with Crippen molar-refractivity contribution in [1.29, 1.82) is 0 Å². The number of carboxylic acids is 2. The number of rotatable bonds is 8. The van der Waals surface area contributed by atoms with Gasteiger partial charge in [-0.3, -0.25) is 14.9 Å². The lowest BCUT2D eigenvalue weighted by Crippen LogP contribution is -2.42. The van der Waals surface area contributed by atoms with Gasteiger partial charge in [0, 0.05) is 26.1 Å². The van der Waals surface area contributed by atoms with E-state index in [9.17, 15) is 14.9 Å². The Balaban J connectivity index is 0.000000656. The zero-order valence-electron chi connectivity index (χ0n) is 16.9. The number of ether oxygens (including phenoxy) is 2. The molecule has 0 saturated heterocycles. The predicted molar refractivity (Wildman–Crippen MR) is 103 cm³/mol. The number of aliphatic carboxylic acids is 2. The summed E-state index contributed by atoms with van der Waals surface area (Å²) in [6.07, 6.45) is 0.00767. The Hall–Kier alpha value is -3.41. The van der Waals surface area contributed by atoms with Crippen LogP contribution in [-0.4, -0.2) is 69.8 Å². The van der Waals surface area contributed by atoms with Gasteiger partial charge in [0.15, 0.2) is 11.5 Å². The van der Waals surface area contributed by atoms with Crippen molar-refractivity contribution >= 4 is 23.5 Å². The third-order valence-electron chi connectivity index (χ3n) is 4.10. The number of benzene rings is 1. The highest BCUT2D eigenvalue weighted by molar-refractivity contribution is 6.27. The molecule has 0 aliphatic carbocycles. The molecule has 0 bridgehead atoms. The molecule has 12 nitrogen and oxygen atoms in total. The number of likely N-dealkylation sites (N-methyl/N-ethyl adjacent to an activating group) is 1. The molecule has 2 rings (SSSR count). The highest BCUT2D eigenvalue weighted by Crippen LogP contribution is 2.42. The van der Waals surface area contributed by atoms with Crippen molar-refractivity contribution < 1.29 is 39.0 Å². The Morgan fingerprint density at radius 1 is 1.13 bits per heavy atom. The number of carbonyl (C=O) groups is 3. The molecule has 0 aromatic heterocycles. The molecule has 3 N–H and O–H groups in total. The van der Waals surface area contributed by atoms with Crippen LogP contribution in [0, 0.1) is 10.1 Å². The standard InChI is InChI=1S/C16H23N3O5.C2H2O4/c1-4-18(5-2)9-8-17-15(20)11-16(3)23-13-7-6-12(19(21)22)10-14(13)24-16;3-1(4)2(5)6/h6-7,10H,4-5,8-9,11H2,1-3H3,(H,17,20);(H,3,4)(H,5,6). The van der Waals surface area contributed by atoms with Crippen LogP contribution in [0.4, 0.5) is 5.69 Å². The van der Waals surface area contributed by atoms with E-state index >= 15 is 0 Å². The Labute approximate surface area is 172 Å². The SMILES string of the molecule is CCN(CC)CCNC(=O)CC1(C)Oc2ccc([N+](=O)[O-])cc2O1.O=C(O)C(=O)O. The van der Waals surface area contributed by atoms with Crippen LogP contribution in [-0.2, 0) is 14.4 Å². The number of nitrogens with one attached hydrogen (secondary N) is 1. The first-order valence-electron chi connectivity index (χ1n) is 9.13. The van der Waals surface area contributed by atoms with Crippen molar-refractivity contribution in [3.8, 4) is 11.5 Å². The van der Waals surface area contributed by atoms with Crippen molar-refractivity contribution in [2.24, 2.45) is 0 Å². The molecule has 0 saturated carbocycles. The number of carboxylic acid groups (broad SMARTS) is 2. The molecule has 1 heterocycles. The first kappa shape index (κ1) is 24.6. The van der Waals surface area contributed by atoms with Crippen LogP contribution in [0.5, 0.6) is 11.5 Å². The van der Waals surface area contributed by atoms with Gasteiger partial charge >= 0.3 is 11.9 Å². The second-order valence-electron chi connectivity index (χ2n) is 6.39. The van der Waals surface area contributed by atoms with E-state index in [0.29, 0.717) is 12.3 Å². The van der Waals surface area contributed by atoms with E-state index in [2.05, 4.69) is 24.1 Å². The second-order valence-corrected chi connectivity index (χ2v) is 6.39. The van der Waals surface area contributed by atoms with E-state index in [1.807, 2.05) is 0 Å². The fourth-order valence-corrected chi connectivity index (χ4v) is 2.58. The molecule has 0 radical (unpaired) electrons. The molecule has 0 spiro atoms. The smallest absolute Gasteiger partial charge is 0.414 e. The highest BCUT2D eigenvalue weighted by atomic mass is 16.7. The summed E-state index contributed by atoms with van der Waals surface area (Å²) in [5, 5.41) is 28.4. The number of amides is 1. The minimum Gasteiger partial charge on any atom is -0.473 e. The molecule has 1 amide bonds. The van der Waals surface area contributed by atoms with E-state index in [-0.39, 0.29) is 23.8 Å². The van der Waals surface area contributed by atoms with Crippen molar-refractivity contribution in [2.45, 2.75) is 33.0 Å². The number of nitrogens with zero attached hydrogens (tertiary/aromatic N) is 2. The molecule has 30 heavy (non-hydrogen) atoms. The van der Waals surface area contributed by atoms with Crippen LogP contribution in [0.3, 0.4) is 0 Å². The quantitative estimate of drug-likeness (QED) is 0.310. The normalized spacial score (nSPS) is 16.4. The summed E-state index contributed by atoms with van der Waals surface area (Å²) in [5.41, 5.74) is -0.0784. The number of hydrogen-bond donors (Lipinski definition) is 3. The van der Waals surface area contributed by atoms with Crippen LogP contribution in [0.15, 0.2) is 18.2 Å². The van der Waals surface area contributed by atoms with Gasteiger partial charge in [0.25, 0.3) is 11.5 Å². The largest absolute Gasteiger partial charge is 0.473 e. The van der Waals surface area contributed by atoms with Crippen LogP contribution in [0.25, 0.3) is 0 Å².